The van der Waals surface area contributed by atoms with Gasteiger partial charge in [-0.3, -0.25) is 4.68 Å². The lowest BCUT2D eigenvalue weighted by Crippen LogP contribution is -1.97. The number of H-pyrrole nitrogens is 1. The second-order valence-corrected chi connectivity index (χ2v) is 5.25. The normalized spacial score (nSPS) is 14.4. The second kappa shape index (κ2) is 4.51. The van der Waals surface area contributed by atoms with Crippen molar-refractivity contribution in [3.8, 4) is 22.9 Å². The zero-order chi connectivity index (χ0) is 14.4. The Labute approximate surface area is 121 Å². The number of nitrogens with zero attached hydrogens (tertiary/aromatic N) is 3. The third-order valence-electron chi connectivity index (χ3n) is 3.62. The number of hydrogen-bond acceptors (Lipinski definition) is 4. The molecular formula is C15H16N4O2. The molecule has 0 unspecified atom stereocenters. The summed E-state index contributed by atoms with van der Waals surface area (Å²) >= 11 is 0. The predicted octanol–water partition coefficient (Wildman–Crippen LogP) is 2.43. The van der Waals surface area contributed by atoms with Crippen LogP contribution in [0.1, 0.15) is 12.1 Å². The molecule has 1 aliphatic heterocycles. The molecule has 0 radical (unpaired) electrons. The number of fused-ring (bicyclic) bond motifs is 2. The number of rotatable bonds is 1. The van der Waals surface area contributed by atoms with Crippen LogP contribution >= 0.6 is 0 Å². The topological polar surface area (TPSA) is 65.0 Å². The molecule has 0 bridgehead atoms. The van der Waals surface area contributed by atoms with Gasteiger partial charge in [0.1, 0.15) is 5.82 Å². The number of aryl methyl sites for hydroxylation is 2. The molecule has 3 heterocycles. The monoisotopic (exact) mass is 284 g/mol. The summed E-state index contributed by atoms with van der Waals surface area (Å²) in [6, 6.07) is 3.89. The lowest BCUT2D eigenvalue weighted by molar-refractivity contribution is 0.297. The summed E-state index contributed by atoms with van der Waals surface area (Å²) in [4.78, 5) is 7.99. The first-order valence-corrected chi connectivity index (χ1v) is 7.01. The van der Waals surface area contributed by atoms with Gasteiger partial charge in [0, 0.05) is 31.8 Å². The molecule has 1 aliphatic rings. The van der Waals surface area contributed by atoms with E-state index < -0.39 is 0 Å². The van der Waals surface area contributed by atoms with Crippen LogP contribution in [-0.4, -0.2) is 33.0 Å². The molecule has 0 saturated carbocycles. The van der Waals surface area contributed by atoms with Crippen LogP contribution in [-0.2, 0) is 7.05 Å². The van der Waals surface area contributed by atoms with Gasteiger partial charge in [-0.1, -0.05) is 0 Å². The minimum absolute atomic E-state index is 0.678. The fourth-order valence-electron chi connectivity index (χ4n) is 2.63. The van der Waals surface area contributed by atoms with E-state index >= 15 is 0 Å². The molecule has 1 aromatic carbocycles. The van der Waals surface area contributed by atoms with Crippen molar-refractivity contribution >= 4 is 11.0 Å². The number of aromatic nitrogens is 4. The molecule has 0 spiro atoms. The first-order valence-electron chi connectivity index (χ1n) is 7.01. The highest BCUT2D eigenvalue weighted by atomic mass is 16.5. The van der Waals surface area contributed by atoms with Gasteiger partial charge in [0.25, 0.3) is 0 Å². The molecule has 1 N–H and O–H groups in total. The Morgan fingerprint density at radius 2 is 1.95 bits per heavy atom. The smallest absolute Gasteiger partial charge is 0.163 e. The molecule has 0 saturated heterocycles. The van der Waals surface area contributed by atoms with Gasteiger partial charge in [0.05, 0.1) is 35.5 Å². The maximum absolute atomic E-state index is 5.71. The van der Waals surface area contributed by atoms with Crippen molar-refractivity contribution in [2.75, 3.05) is 13.2 Å². The van der Waals surface area contributed by atoms with Gasteiger partial charge in [-0.25, -0.2) is 4.98 Å². The zero-order valence-electron chi connectivity index (χ0n) is 12.0. The van der Waals surface area contributed by atoms with Crippen LogP contribution in [0, 0.1) is 6.92 Å². The van der Waals surface area contributed by atoms with Gasteiger partial charge in [-0.05, 0) is 6.92 Å². The molecule has 0 amide bonds. The zero-order valence-corrected chi connectivity index (χ0v) is 12.0. The highest BCUT2D eigenvalue weighted by molar-refractivity contribution is 5.83. The van der Waals surface area contributed by atoms with Crippen LogP contribution in [0.2, 0.25) is 0 Å². The van der Waals surface area contributed by atoms with Gasteiger partial charge >= 0.3 is 0 Å². The van der Waals surface area contributed by atoms with Gasteiger partial charge in [0.15, 0.2) is 11.5 Å². The van der Waals surface area contributed by atoms with Gasteiger partial charge in [-0.15, -0.1) is 0 Å². The first kappa shape index (κ1) is 12.3. The van der Waals surface area contributed by atoms with Crippen LogP contribution < -0.4 is 9.47 Å². The van der Waals surface area contributed by atoms with E-state index in [4.69, 9.17) is 9.47 Å². The van der Waals surface area contributed by atoms with E-state index in [0.717, 1.165) is 46.0 Å². The molecule has 4 rings (SSSR count). The summed E-state index contributed by atoms with van der Waals surface area (Å²) in [7, 11) is 1.91. The summed E-state index contributed by atoms with van der Waals surface area (Å²) < 4.78 is 13.2. The number of imidazole rings is 1. The number of nitrogens with one attached hydrogen (secondary N) is 1. The van der Waals surface area contributed by atoms with Gasteiger partial charge < -0.3 is 14.5 Å². The third kappa shape index (κ3) is 2.03. The van der Waals surface area contributed by atoms with Crippen molar-refractivity contribution in [1.29, 1.82) is 0 Å². The van der Waals surface area contributed by atoms with Crippen LogP contribution in [0.5, 0.6) is 11.5 Å². The second-order valence-electron chi connectivity index (χ2n) is 5.25. The standard InChI is InChI=1S/C15H16N4O2/c1-9-10(8-19(2)18-9)15-16-11-6-13-14(7-12(11)17-15)21-5-3-4-20-13/h6-8H,3-5H2,1-2H3,(H,16,17). The van der Waals surface area contributed by atoms with Crippen molar-refractivity contribution in [2.45, 2.75) is 13.3 Å². The van der Waals surface area contributed by atoms with E-state index in [1.807, 2.05) is 32.3 Å². The van der Waals surface area contributed by atoms with E-state index in [1.54, 1.807) is 4.68 Å². The van der Waals surface area contributed by atoms with Crippen LogP contribution in [0.3, 0.4) is 0 Å². The quantitative estimate of drug-likeness (QED) is 0.745. The number of benzene rings is 1. The van der Waals surface area contributed by atoms with E-state index in [-0.39, 0.29) is 0 Å². The van der Waals surface area contributed by atoms with Gasteiger partial charge in [-0.2, -0.15) is 5.10 Å². The minimum Gasteiger partial charge on any atom is -0.489 e. The maximum Gasteiger partial charge on any atom is 0.163 e. The Morgan fingerprint density at radius 3 is 2.67 bits per heavy atom. The Balaban J connectivity index is 1.85. The van der Waals surface area contributed by atoms with E-state index in [1.165, 1.54) is 0 Å². The summed E-state index contributed by atoms with van der Waals surface area (Å²) in [5.74, 6) is 2.36. The van der Waals surface area contributed by atoms with Crippen LogP contribution in [0.4, 0.5) is 0 Å². The Bertz CT molecular complexity index is 776. The largest absolute Gasteiger partial charge is 0.489 e. The van der Waals surface area contributed by atoms with E-state index in [9.17, 15) is 0 Å². The Hall–Kier alpha value is -2.50. The molecule has 21 heavy (non-hydrogen) atoms. The predicted molar refractivity (Wildman–Crippen MR) is 78.6 cm³/mol. The van der Waals surface area contributed by atoms with Gasteiger partial charge in [0.2, 0.25) is 0 Å². The van der Waals surface area contributed by atoms with Crippen molar-refractivity contribution in [2.24, 2.45) is 7.05 Å². The van der Waals surface area contributed by atoms with Crippen LogP contribution in [0.15, 0.2) is 18.3 Å². The number of aromatic amines is 1. The highest BCUT2D eigenvalue weighted by Crippen LogP contribution is 2.34. The first-order chi connectivity index (χ1) is 10.2. The average molecular weight is 284 g/mol. The molecule has 6 heteroatoms. The summed E-state index contributed by atoms with van der Waals surface area (Å²) in [6.07, 6.45) is 2.86. The highest BCUT2D eigenvalue weighted by Gasteiger charge is 2.16. The fraction of sp³-hybridized carbons (Fsp3) is 0.333. The maximum atomic E-state index is 5.71. The van der Waals surface area contributed by atoms with Crippen molar-refractivity contribution < 1.29 is 9.47 Å². The summed E-state index contributed by atoms with van der Waals surface area (Å²) in [6.45, 7) is 3.34. The van der Waals surface area contributed by atoms with Crippen molar-refractivity contribution in [1.82, 2.24) is 19.7 Å². The molecule has 0 fully saturated rings. The molecule has 2 aromatic heterocycles. The molecule has 6 nitrogen and oxygen atoms in total. The van der Waals surface area contributed by atoms with E-state index in [2.05, 4.69) is 15.1 Å². The molecular weight excluding hydrogens is 268 g/mol. The summed E-state index contributed by atoms with van der Waals surface area (Å²) in [5.41, 5.74) is 3.77. The number of hydrogen-bond donors (Lipinski definition) is 1. The molecule has 108 valence electrons. The SMILES string of the molecule is Cc1nn(C)cc1-c1nc2cc3c(cc2[nH]1)OCCCO3. The Kier molecular flexibility index (Phi) is 2.63. The summed E-state index contributed by atoms with van der Waals surface area (Å²) in [5, 5.41) is 4.35. The molecule has 0 aliphatic carbocycles. The van der Waals surface area contributed by atoms with Crippen LogP contribution in [0.25, 0.3) is 22.4 Å². The molecule has 3 aromatic rings. The number of ether oxygens (including phenoxy) is 2. The minimum atomic E-state index is 0.678. The average Bonchev–Trinajstić information content (AvgIpc) is 2.91. The Morgan fingerprint density at radius 1 is 1.19 bits per heavy atom. The van der Waals surface area contributed by atoms with Crippen molar-refractivity contribution in [3.05, 3.63) is 24.0 Å². The lowest BCUT2D eigenvalue weighted by Gasteiger charge is -2.05. The van der Waals surface area contributed by atoms with Crippen molar-refractivity contribution in [3.63, 3.8) is 0 Å². The van der Waals surface area contributed by atoms with E-state index in [0.29, 0.717) is 13.2 Å². The lowest BCUT2D eigenvalue weighted by atomic mass is 10.2. The fourth-order valence-corrected chi connectivity index (χ4v) is 2.63. The molecule has 0 atom stereocenters. The third-order valence-corrected chi connectivity index (χ3v) is 3.62.